The smallest absolute Gasteiger partial charge is 0.138 e. The van der Waals surface area contributed by atoms with Crippen LogP contribution in [-0.2, 0) is 6.42 Å². The first-order valence-corrected chi connectivity index (χ1v) is 5.45. The minimum absolute atomic E-state index is 0.0650. The average molecular weight is 237 g/mol. The van der Waals surface area contributed by atoms with Gasteiger partial charge in [0.25, 0.3) is 0 Å². The van der Waals surface area contributed by atoms with Crippen LogP contribution < -0.4 is 5.73 Å². The van der Waals surface area contributed by atoms with Crippen LogP contribution in [0.25, 0.3) is 5.69 Å². The summed E-state index contributed by atoms with van der Waals surface area (Å²) < 4.78 is 1.92. The van der Waals surface area contributed by atoms with Gasteiger partial charge >= 0.3 is 0 Å². The summed E-state index contributed by atoms with van der Waals surface area (Å²) in [6.07, 6.45) is 2.38. The lowest BCUT2D eigenvalue weighted by molar-refractivity contribution is 0.688. The monoisotopic (exact) mass is 236 g/mol. The van der Waals surface area contributed by atoms with E-state index in [1.165, 1.54) is 0 Å². The maximum absolute atomic E-state index is 5.84. The topological polar surface area (TPSA) is 56.7 Å². The summed E-state index contributed by atoms with van der Waals surface area (Å²) in [7, 11) is 0. The molecule has 1 aromatic carbocycles. The first-order chi connectivity index (χ1) is 7.66. The Balaban J connectivity index is 2.33. The Bertz CT molecular complexity index is 461. The Morgan fingerprint density at radius 2 is 2.06 bits per heavy atom. The Morgan fingerprint density at radius 3 is 2.69 bits per heavy atom. The molecular weight excluding hydrogens is 224 g/mol. The van der Waals surface area contributed by atoms with E-state index in [-0.39, 0.29) is 6.04 Å². The van der Waals surface area contributed by atoms with Crippen molar-refractivity contribution in [3.63, 3.8) is 0 Å². The molecule has 1 atom stereocenters. The van der Waals surface area contributed by atoms with E-state index in [9.17, 15) is 0 Å². The molecular formula is C11H13ClN4. The molecule has 5 heteroatoms. The highest BCUT2D eigenvalue weighted by molar-refractivity contribution is 6.30. The number of benzene rings is 1. The average Bonchev–Trinajstić information content (AvgIpc) is 2.66. The summed E-state index contributed by atoms with van der Waals surface area (Å²) in [4.78, 5) is 0. The van der Waals surface area contributed by atoms with Crippen molar-refractivity contribution >= 4 is 11.6 Å². The molecule has 1 unspecified atom stereocenters. The van der Waals surface area contributed by atoms with Gasteiger partial charge in [-0.15, -0.1) is 10.2 Å². The lowest BCUT2D eigenvalue weighted by Gasteiger charge is -2.08. The molecule has 0 aliphatic rings. The van der Waals surface area contributed by atoms with Gasteiger partial charge in [0.2, 0.25) is 0 Å². The molecule has 0 saturated carbocycles. The first kappa shape index (κ1) is 11.1. The van der Waals surface area contributed by atoms with Crippen LogP contribution in [0.15, 0.2) is 30.6 Å². The molecule has 0 saturated heterocycles. The van der Waals surface area contributed by atoms with Crippen LogP contribution in [0.5, 0.6) is 0 Å². The van der Waals surface area contributed by atoms with Crippen molar-refractivity contribution < 1.29 is 0 Å². The molecule has 1 aromatic heterocycles. The number of nitrogens with zero attached hydrogens (tertiary/aromatic N) is 3. The number of aromatic nitrogens is 3. The number of halogens is 1. The van der Waals surface area contributed by atoms with Gasteiger partial charge in [-0.3, -0.25) is 4.57 Å². The third kappa shape index (κ3) is 2.40. The van der Waals surface area contributed by atoms with Crippen molar-refractivity contribution in [3.8, 4) is 5.69 Å². The zero-order valence-corrected chi connectivity index (χ0v) is 9.72. The van der Waals surface area contributed by atoms with Crippen LogP contribution in [0.4, 0.5) is 0 Å². The van der Waals surface area contributed by atoms with Gasteiger partial charge in [-0.05, 0) is 31.2 Å². The van der Waals surface area contributed by atoms with Gasteiger partial charge in [0, 0.05) is 23.2 Å². The fraction of sp³-hybridized carbons (Fsp3) is 0.273. The van der Waals surface area contributed by atoms with Crippen LogP contribution >= 0.6 is 11.6 Å². The second-order valence-electron chi connectivity index (χ2n) is 3.77. The maximum Gasteiger partial charge on any atom is 0.138 e. The van der Waals surface area contributed by atoms with Crippen LogP contribution in [0.1, 0.15) is 12.7 Å². The Morgan fingerprint density at radius 1 is 1.38 bits per heavy atom. The van der Waals surface area contributed by atoms with Gasteiger partial charge < -0.3 is 5.73 Å². The second-order valence-corrected chi connectivity index (χ2v) is 4.21. The molecule has 0 aliphatic carbocycles. The molecule has 0 aliphatic heterocycles. The summed E-state index contributed by atoms with van der Waals surface area (Å²) in [6.45, 7) is 1.95. The number of rotatable bonds is 3. The van der Waals surface area contributed by atoms with E-state index in [4.69, 9.17) is 17.3 Å². The molecule has 1 heterocycles. The molecule has 0 bridgehead atoms. The van der Waals surface area contributed by atoms with Gasteiger partial charge in [-0.2, -0.15) is 0 Å². The largest absolute Gasteiger partial charge is 0.328 e. The Kier molecular flexibility index (Phi) is 3.22. The van der Waals surface area contributed by atoms with E-state index in [0.717, 1.165) is 11.5 Å². The van der Waals surface area contributed by atoms with E-state index in [2.05, 4.69) is 10.2 Å². The molecule has 0 amide bonds. The Labute approximate surface area is 99.1 Å². The van der Waals surface area contributed by atoms with Crippen LogP contribution in [0.3, 0.4) is 0 Å². The van der Waals surface area contributed by atoms with Gasteiger partial charge in [-0.25, -0.2) is 0 Å². The molecule has 0 fully saturated rings. The van der Waals surface area contributed by atoms with Gasteiger partial charge in [0.15, 0.2) is 0 Å². The third-order valence-electron chi connectivity index (χ3n) is 2.23. The molecule has 16 heavy (non-hydrogen) atoms. The second kappa shape index (κ2) is 4.63. The summed E-state index contributed by atoms with van der Waals surface area (Å²) in [6, 6.07) is 7.60. The zero-order valence-electron chi connectivity index (χ0n) is 8.97. The highest BCUT2D eigenvalue weighted by Crippen LogP contribution is 2.14. The normalized spacial score (nSPS) is 12.7. The molecule has 0 spiro atoms. The van der Waals surface area contributed by atoms with Crippen molar-refractivity contribution in [1.29, 1.82) is 0 Å². The summed E-state index contributed by atoms with van der Waals surface area (Å²) in [5, 5.41) is 8.67. The fourth-order valence-corrected chi connectivity index (χ4v) is 1.63. The minimum atomic E-state index is 0.0650. The van der Waals surface area contributed by atoms with Crippen molar-refractivity contribution in [1.82, 2.24) is 14.8 Å². The number of hydrogen-bond acceptors (Lipinski definition) is 3. The van der Waals surface area contributed by atoms with Gasteiger partial charge in [0.1, 0.15) is 12.2 Å². The van der Waals surface area contributed by atoms with Gasteiger partial charge in [0.05, 0.1) is 0 Å². The van der Waals surface area contributed by atoms with Crippen LogP contribution in [-0.4, -0.2) is 20.8 Å². The third-order valence-corrected chi connectivity index (χ3v) is 2.48. The zero-order chi connectivity index (χ0) is 11.5. The van der Waals surface area contributed by atoms with E-state index < -0.39 is 0 Å². The number of hydrogen-bond donors (Lipinski definition) is 1. The van der Waals surface area contributed by atoms with Crippen molar-refractivity contribution in [2.75, 3.05) is 0 Å². The summed E-state index contributed by atoms with van der Waals surface area (Å²) >= 11 is 5.84. The van der Waals surface area contributed by atoms with Crippen LogP contribution in [0, 0.1) is 0 Å². The molecule has 2 N–H and O–H groups in total. The minimum Gasteiger partial charge on any atom is -0.328 e. The van der Waals surface area contributed by atoms with E-state index in [0.29, 0.717) is 11.4 Å². The fourth-order valence-electron chi connectivity index (χ4n) is 1.50. The highest BCUT2D eigenvalue weighted by atomic mass is 35.5. The lowest BCUT2D eigenvalue weighted by Crippen LogP contribution is -2.20. The Hall–Kier alpha value is -1.39. The summed E-state index contributed by atoms with van der Waals surface area (Å²) in [5.74, 6) is 0.859. The maximum atomic E-state index is 5.84. The molecule has 2 aromatic rings. The van der Waals surface area contributed by atoms with Crippen molar-refractivity contribution in [3.05, 3.63) is 41.4 Å². The SMILES string of the molecule is CC(N)Cc1nncn1-c1ccc(Cl)cc1. The highest BCUT2D eigenvalue weighted by Gasteiger charge is 2.08. The molecule has 0 radical (unpaired) electrons. The standard InChI is InChI=1S/C11H13ClN4/c1-8(13)6-11-15-14-7-16(11)10-4-2-9(12)3-5-10/h2-5,7-8H,6,13H2,1H3. The van der Waals surface area contributed by atoms with Crippen molar-refractivity contribution in [2.24, 2.45) is 5.73 Å². The first-order valence-electron chi connectivity index (χ1n) is 5.07. The summed E-state index contributed by atoms with van der Waals surface area (Å²) in [5.41, 5.74) is 6.74. The van der Waals surface area contributed by atoms with E-state index in [1.54, 1.807) is 6.33 Å². The lowest BCUT2D eigenvalue weighted by atomic mass is 10.2. The van der Waals surface area contributed by atoms with Crippen LogP contribution in [0.2, 0.25) is 5.02 Å². The van der Waals surface area contributed by atoms with Gasteiger partial charge in [-0.1, -0.05) is 11.6 Å². The molecule has 4 nitrogen and oxygen atoms in total. The number of nitrogens with two attached hydrogens (primary N) is 1. The predicted molar refractivity (Wildman–Crippen MR) is 63.7 cm³/mol. The van der Waals surface area contributed by atoms with Crippen molar-refractivity contribution in [2.45, 2.75) is 19.4 Å². The van der Waals surface area contributed by atoms with E-state index in [1.807, 2.05) is 35.8 Å². The van der Waals surface area contributed by atoms with E-state index >= 15 is 0 Å². The quantitative estimate of drug-likeness (QED) is 0.884. The molecule has 2 rings (SSSR count). The predicted octanol–water partition coefficient (Wildman–Crippen LogP) is 1.81. The molecule has 84 valence electrons.